The van der Waals surface area contributed by atoms with Crippen LogP contribution in [0.3, 0.4) is 0 Å². The zero-order valence-corrected chi connectivity index (χ0v) is 9.86. The molecule has 17 heavy (non-hydrogen) atoms. The predicted molar refractivity (Wildman–Crippen MR) is 64.0 cm³/mol. The zero-order chi connectivity index (χ0) is 12.5. The quantitative estimate of drug-likeness (QED) is 0.751. The molecule has 0 spiro atoms. The summed E-state index contributed by atoms with van der Waals surface area (Å²) in [4.78, 5) is 15.2. The lowest BCUT2D eigenvalue weighted by molar-refractivity contribution is -0.120. The molecule has 1 aromatic heterocycles. The Morgan fingerprint density at radius 2 is 2.41 bits per heavy atom. The van der Waals surface area contributed by atoms with Gasteiger partial charge in [0.1, 0.15) is 11.8 Å². The fraction of sp³-hybridized carbons (Fsp3) is 0.417. The molecule has 5 heteroatoms. The van der Waals surface area contributed by atoms with E-state index in [1.807, 2.05) is 19.1 Å². The molecule has 0 saturated heterocycles. The monoisotopic (exact) mass is 232 g/mol. The summed E-state index contributed by atoms with van der Waals surface area (Å²) in [6.45, 7) is 3.55. The van der Waals surface area contributed by atoms with Crippen molar-refractivity contribution in [2.75, 3.05) is 13.1 Å². The van der Waals surface area contributed by atoms with Crippen LogP contribution >= 0.6 is 0 Å². The molecule has 0 aliphatic rings. The Bertz CT molecular complexity index is 411. The van der Waals surface area contributed by atoms with Crippen LogP contribution in [0.5, 0.6) is 0 Å². The van der Waals surface area contributed by atoms with Gasteiger partial charge >= 0.3 is 0 Å². The molecule has 0 fully saturated rings. The second kappa shape index (κ2) is 7.36. The van der Waals surface area contributed by atoms with E-state index in [1.165, 1.54) is 0 Å². The standard InChI is InChI=1S/C12H16N4O/c1-2-4-16-12(17)9-14-8-10-3-5-15-11(6-10)7-13/h3,5-6,14H,2,4,8-9H2,1H3,(H,16,17). The minimum atomic E-state index is -0.0126. The van der Waals surface area contributed by atoms with E-state index in [9.17, 15) is 4.79 Å². The van der Waals surface area contributed by atoms with Crippen LogP contribution in [-0.2, 0) is 11.3 Å². The normalized spacial score (nSPS) is 9.65. The molecule has 0 saturated carbocycles. The van der Waals surface area contributed by atoms with E-state index >= 15 is 0 Å². The molecule has 0 aliphatic carbocycles. The smallest absolute Gasteiger partial charge is 0.233 e. The summed E-state index contributed by atoms with van der Waals surface area (Å²) in [7, 11) is 0. The number of hydrogen-bond acceptors (Lipinski definition) is 4. The highest BCUT2D eigenvalue weighted by Crippen LogP contribution is 1.99. The second-order valence-electron chi connectivity index (χ2n) is 3.61. The Hall–Kier alpha value is -1.93. The number of nitrogens with zero attached hydrogens (tertiary/aromatic N) is 2. The third kappa shape index (κ3) is 5.09. The van der Waals surface area contributed by atoms with Gasteiger partial charge in [0.15, 0.2) is 0 Å². The van der Waals surface area contributed by atoms with Crippen LogP contribution in [0.15, 0.2) is 18.3 Å². The van der Waals surface area contributed by atoms with Crippen molar-refractivity contribution < 1.29 is 4.79 Å². The fourth-order valence-corrected chi connectivity index (χ4v) is 1.29. The maximum atomic E-state index is 11.3. The van der Waals surface area contributed by atoms with Crippen LogP contribution in [0.4, 0.5) is 0 Å². The van der Waals surface area contributed by atoms with Crippen molar-refractivity contribution in [3.8, 4) is 6.07 Å². The molecule has 1 heterocycles. The van der Waals surface area contributed by atoms with Crippen LogP contribution in [0, 0.1) is 11.3 Å². The van der Waals surface area contributed by atoms with Crippen molar-refractivity contribution in [2.24, 2.45) is 0 Å². The molecule has 0 atom stereocenters. The molecular weight excluding hydrogens is 216 g/mol. The molecule has 1 rings (SSSR count). The van der Waals surface area contributed by atoms with Gasteiger partial charge in [-0.2, -0.15) is 5.26 Å². The van der Waals surface area contributed by atoms with Crippen molar-refractivity contribution in [2.45, 2.75) is 19.9 Å². The third-order valence-corrected chi connectivity index (χ3v) is 2.13. The SMILES string of the molecule is CCCNC(=O)CNCc1ccnc(C#N)c1. The first-order valence-electron chi connectivity index (χ1n) is 5.58. The highest BCUT2D eigenvalue weighted by Gasteiger charge is 2.00. The summed E-state index contributed by atoms with van der Waals surface area (Å²) in [5, 5.41) is 14.5. The summed E-state index contributed by atoms with van der Waals surface area (Å²) in [5.74, 6) is -0.0126. The minimum absolute atomic E-state index is 0.0126. The van der Waals surface area contributed by atoms with Crippen LogP contribution in [0.2, 0.25) is 0 Å². The lowest BCUT2D eigenvalue weighted by Gasteiger charge is -2.05. The van der Waals surface area contributed by atoms with Gasteiger partial charge in [0.2, 0.25) is 5.91 Å². The Kier molecular flexibility index (Phi) is 5.69. The largest absolute Gasteiger partial charge is 0.355 e. The number of nitrogens with one attached hydrogen (secondary N) is 2. The van der Waals surface area contributed by atoms with E-state index in [0.29, 0.717) is 18.8 Å². The van der Waals surface area contributed by atoms with E-state index in [2.05, 4.69) is 15.6 Å². The number of pyridine rings is 1. The van der Waals surface area contributed by atoms with E-state index in [1.54, 1.807) is 12.3 Å². The Balaban J connectivity index is 2.31. The van der Waals surface area contributed by atoms with Crippen molar-refractivity contribution in [1.29, 1.82) is 5.26 Å². The van der Waals surface area contributed by atoms with Gasteiger partial charge in [-0.3, -0.25) is 4.79 Å². The first kappa shape index (κ1) is 13.1. The number of nitriles is 1. The molecule has 0 radical (unpaired) electrons. The fourth-order valence-electron chi connectivity index (χ4n) is 1.29. The number of rotatable bonds is 6. The van der Waals surface area contributed by atoms with Crippen molar-refractivity contribution in [3.05, 3.63) is 29.6 Å². The highest BCUT2D eigenvalue weighted by molar-refractivity contribution is 5.77. The van der Waals surface area contributed by atoms with Crippen molar-refractivity contribution in [1.82, 2.24) is 15.6 Å². The number of aromatic nitrogens is 1. The van der Waals surface area contributed by atoms with E-state index < -0.39 is 0 Å². The van der Waals surface area contributed by atoms with Crippen LogP contribution < -0.4 is 10.6 Å². The molecular formula is C12H16N4O. The Labute approximate surface area is 101 Å². The van der Waals surface area contributed by atoms with E-state index in [0.717, 1.165) is 12.0 Å². The van der Waals surface area contributed by atoms with E-state index in [-0.39, 0.29) is 12.5 Å². The molecule has 90 valence electrons. The van der Waals surface area contributed by atoms with Crippen molar-refractivity contribution >= 4 is 5.91 Å². The van der Waals surface area contributed by atoms with E-state index in [4.69, 9.17) is 5.26 Å². The summed E-state index contributed by atoms with van der Waals surface area (Å²) < 4.78 is 0. The summed E-state index contributed by atoms with van der Waals surface area (Å²) >= 11 is 0. The van der Waals surface area contributed by atoms with Gasteiger partial charge in [-0.05, 0) is 24.1 Å². The second-order valence-corrected chi connectivity index (χ2v) is 3.61. The minimum Gasteiger partial charge on any atom is -0.355 e. The number of carbonyl (C=O) groups excluding carboxylic acids is 1. The molecule has 0 unspecified atom stereocenters. The van der Waals surface area contributed by atoms with Gasteiger partial charge in [-0.25, -0.2) is 4.98 Å². The van der Waals surface area contributed by atoms with Gasteiger partial charge in [0.25, 0.3) is 0 Å². The zero-order valence-electron chi connectivity index (χ0n) is 9.86. The van der Waals surface area contributed by atoms with Gasteiger partial charge in [0, 0.05) is 19.3 Å². The van der Waals surface area contributed by atoms with Gasteiger partial charge in [-0.15, -0.1) is 0 Å². The summed E-state index contributed by atoms with van der Waals surface area (Å²) in [5.41, 5.74) is 1.33. The average molecular weight is 232 g/mol. The van der Waals surface area contributed by atoms with Crippen molar-refractivity contribution in [3.63, 3.8) is 0 Å². The van der Waals surface area contributed by atoms with Gasteiger partial charge in [-0.1, -0.05) is 6.92 Å². The lowest BCUT2D eigenvalue weighted by Crippen LogP contribution is -2.33. The molecule has 0 bridgehead atoms. The van der Waals surface area contributed by atoms with Crippen LogP contribution in [0.25, 0.3) is 0 Å². The number of carbonyl (C=O) groups is 1. The maximum Gasteiger partial charge on any atom is 0.233 e. The van der Waals surface area contributed by atoms with Gasteiger partial charge < -0.3 is 10.6 Å². The van der Waals surface area contributed by atoms with Crippen LogP contribution in [0.1, 0.15) is 24.6 Å². The molecule has 1 amide bonds. The Morgan fingerprint density at radius 3 is 3.12 bits per heavy atom. The Morgan fingerprint density at radius 1 is 1.59 bits per heavy atom. The average Bonchev–Trinajstić information content (AvgIpc) is 2.36. The summed E-state index contributed by atoms with van der Waals surface area (Å²) in [6, 6.07) is 5.50. The lowest BCUT2D eigenvalue weighted by atomic mass is 10.2. The summed E-state index contributed by atoms with van der Waals surface area (Å²) in [6.07, 6.45) is 2.52. The highest BCUT2D eigenvalue weighted by atomic mass is 16.1. The molecule has 5 nitrogen and oxygen atoms in total. The molecule has 0 aromatic carbocycles. The maximum absolute atomic E-state index is 11.3. The number of hydrogen-bond donors (Lipinski definition) is 2. The van der Waals surface area contributed by atoms with Crippen LogP contribution in [-0.4, -0.2) is 24.0 Å². The first-order valence-corrected chi connectivity index (χ1v) is 5.58. The molecule has 2 N–H and O–H groups in total. The third-order valence-electron chi connectivity index (χ3n) is 2.13. The molecule has 0 aliphatic heterocycles. The first-order chi connectivity index (χ1) is 8.26. The number of amides is 1. The predicted octanol–water partition coefficient (Wildman–Crippen LogP) is 0.569. The topological polar surface area (TPSA) is 77.8 Å². The molecule has 1 aromatic rings. The van der Waals surface area contributed by atoms with Gasteiger partial charge in [0.05, 0.1) is 6.54 Å².